The van der Waals surface area contributed by atoms with E-state index in [1.807, 2.05) is 12.1 Å². The van der Waals surface area contributed by atoms with Crippen molar-refractivity contribution in [1.29, 1.82) is 0 Å². The molecular weight excluding hydrogens is 564 g/mol. The first-order valence-electron chi connectivity index (χ1n) is 18.0. The molecule has 1 unspecified atom stereocenters. The van der Waals surface area contributed by atoms with Gasteiger partial charge in [0.15, 0.2) is 0 Å². The lowest BCUT2D eigenvalue weighted by Crippen LogP contribution is -2.16. The van der Waals surface area contributed by atoms with Crippen molar-refractivity contribution in [3.05, 3.63) is 47.5 Å². The van der Waals surface area contributed by atoms with Crippen LogP contribution in [0.15, 0.2) is 36.4 Å². The van der Waals surface area contributed by atoms with Gasteiger partial charge in [-0.25, -0.2) is 0 Å². The van der Waals surface area contributed by atoms with Gasteiger partial charge >= 0.3 is 11.9 Å². The topological polar surface area (TPSA) is 82.1 Å². The molecule has 1 aliphatic rings. The van der Waals surface area contributed by atoms with Crippen molar-refractivity contribution >= 4 is 11.9 Å². The average Bonchev–Trinajstić information content (AvgIpc) is 3.03. The molecule has 0 fully saturated rings. The van der Waals surface area contributed by atoms with Gasteiger partial charge in [-0.2, -0.15) is 0 Å². The molecule has 1 atom stereocenters. The summed E-state index contributed by atoms with van der Waals surface area (Å²) in [4.78, 5) is 24.8. The molecule has 0 saturated carbocycles. The Bertz CT molecular complexity index is 1140. The van der Waals surface area contributed by atoms with Crippen LogP contribution in [0.25, 0.3) is 0 Å². The number of ether oxygens (including phenoxy) is 3. The predicted molar refractivity (Wildman–Crippen MR) is 181 cm³/mol. The number of rotatable bonds is 23. The molecule has 1 N–H and O–H groups in total. The summed E-state index contributed by atoms with van der Waals surface area (Å²) in [5.74, 6) is 1.04. The monoisotopic (exact) mass is 622 g/mol. The quantitative estimate of drug-likeness (QED) is 0.0754. The van der Waals surface area contributed by atoms with Gasteiger partial charge in [0, 0.05) is 30.5 Å². The lowest BCUT2D eigenvalue weighted by Gasteiger charge is -2.27. The van der Waals surface area contributed by atoms with Gasteiger partial charge in [0.1, 0.15) is 29.1 Å². The second-order valence-electron chi connectivity index (χ2n) is 12.7. The summed E-state index contributed by atoms with van der Waals surface area (Å²) >= 11 is 0. The summed E-state index contributed by atoms with van der Waals surface area (Å²) in [7, 11) is 0. The molecule has 0 saturated heterocycles. The highest BCUT2D eigenvalue weighted by atomic mass is 16.5. The Hall–Kier alpha value is -3.02. The van der Waals surface area contributed by atoms with E-state index in [9.17, 15) is 14.7 Å². The third-order valence-electron chi connectivity index (χ3n) is 8.76. The summed E-state index contributed by atoms with van der Waals surface area (Å²) < 4.78 is 17.4. The van der Waals surface area contributed by atoms with Crippen molar-refractivity contribution < 1.29 is 28.9 Å². The van der Waals surface area contributed by atoms with E-state index in [4.69, 9.17) is 14.2 Å². The first-order chi connectivity index (χ1) is 22.0. The van der Waals surface area contributed by atoms with Crippen LogP contribution >= 0.6 is 0 Å². The van der Waals surface area contributed by atoms with Crippen molar-refractivity contribution in [2.75, 3.05) is 0 Å². The van der Waals surface area contributed by atoms with Crippen LogP contribution in [0.2, 0.25) is 0 Å². The van der Waals surface area contributed by atoms with Crippen LogP contribution in [0, 0.1) is 0 Å². The summed E-state index contributed by atoms with van der Waals surface area (Å²) in [5.41, 5.74) is 1.69. The number of phenolic OH excluding ortho intramolecular Hbond substituents is 1. The predicted octanol–water partition coefficient (Wildman–Crippen LogP) is 11.1. The van der Waals surface area contributed by atoms with E-state index in [-0.39, 0.29) is 23.8 Å². The molecule has 6 heteroatoms. The zero-order valence-corrected chi connectivity index (χ0v) is 28.1. The number of hydrogen-bond donors (Lipinski definition) is 1. The smallest absolute Gasteiger partial charge is 0.311 e. The number of carbonyl (C=O) groups excluding carboxylic acids is 2. The van der Waals surface area contributed by atoms with Crippen molar-refractivity contribution in [1.82, 2.24) is 0 Å². The number of hydrogen-bond acceptors (Lipinski definition) is 6. The Morgan fingerprint density at radius 3 is 1.64 bits per heavy atom. The standard InChI is InChI=1S/C39H58O6/c1-3-5-7-9-11-13-15-17-19-21-38(41)43-32-26-27-34(35(40)29-32)36-28-24-31-23-25-33(30-37(31)45-36)44-39(42)22-20-18-16-14-12-10-8-6-4-2/h23,25-27,29-30,36,40H,3-22,24,28H2,1-2H3. The van der Waals surface area contributed by atoms with Crippen LogP contribution in [0.5, 0.6) is 23.0 Å². The SMILES string of the molecule is CCCCCCCCCCCC(=O)Oc1ccc(C2CCc3ccc(OC(=O)CCCCCCCCCCC)cc3O2)c(O)c1. The fraction of sp³-hybridized carbons (Fsp3) is 0.641. The normalized spacial score (nSPS) is 14.0. The molecule has 0 radical (unpaired) electrons. The van der Waals surface area contributed by atoms with Crippen molar-refractivity contribution in [2.45, 2.75) is 161 Å². The summed E-state index contributed by atoms with van der Waals surface area (Å²) in [6, 6.07) is 10.5. The molecule has 3 rings (SSSR count). The number of phenols is 1. The third kappa shape index (κ3) is 14.3. The Balaban J connectivity index is 1.38. The van der Waals surface area contributed by atoms with E-state index in [0.717, 1.165) is 44.1 Å². The van der Waals surface area contributed by atoms with E-state index in [0.29, 0.717) is 42.1 Å². The highest BCUT2D eigenvalue weighted by Crippen LogP contribution is 2.40. The fourth-order valence-electron chi connectivity index (χ4n) is 6.02. The van der Waals surface area contributed by atoms with E-state index in [2.05, 4.69) is 13.8 Å². The Morgan fingerprint density at radius 1 is 0.667 bits per heavy atom. The fourth-order valence-corrected chi connectivity index (χ4v) is 6.02. The molecule has 2 aromatic carbocycles. The molecule has 0 amide bonds. The molecule has 0 aliphatic carbocycles. The number of fused-ring (bicyclic) bond motifs is 1. The van der Waals surface area contributed by atoms with E-state index in [1.54, 1.807) is 18.2 Å². The first-order valence-corrected chi connectivity index (χ1v) is 18.0. The van der Waals surface area contributed by atoms with Crippen molar-refractivity contribution in [2.24, 2.45) is 0 Å². The van der Waals surface area contributed by atoms with Crippen LogP contribution in [0.4, 0.5) is 0 Å². The van der Waals surface area contributed by atoms with Gasteiger partial charge in [-0.1, -0.05) is 123 Å². The molecule has 0 spiro atoms. The minimum Gasteiger partial charge on any atom is -0.507 e. The van der Waals surface area contributed by atoms with Gasteiger partial charge in [0.25, 0.3) is 0 Å². The molecule has 1 heterocycles. The summed E-state index contributed by atoms with van der Waals surface area (Å²) in [6.45, 7) is 4.47. The van der Waals surface area contributed by atoms with Crippen molar-refractivity contribution in [3.8, 4) is 23.0 Å². The van der Waals surface area contributed by atoms with Gasteiger partial charge in [-0.3, -0.25) is 9.59 Å². The minimum atomic E-state index is -0.350. The summed E-state index contributed by atoms with van der Waals surface area (Å²) in [5, 5.41) is 10.8. The molecule has 45 heavy (non-hydrogen) atoms. The second-order valence-corrected chi connectivity index (χ2v) is 12.7. The Kier molecular flexibility index (Phi) is 17.6. The Labute approximate surface area is 272 Å². The summed E-state index contributed by atoms with van der Waals surface area (Å²) in [6.07, 6.45) is 23.5. The second kappa shape index (κ2) is 21.7. The number of benzene rings is 2. The maximum Gasteiger partial charge on any atom is 0.311 e. The maximum atomic E-state index is 12.4. The minimum absolute atomic E-state index is 0.0420. The number of unbranched alkanes of at least 4 members (excludes halogenated alkanes) is 16. The van der Waals surface area contributed by atoms with Crippen LogP contribution in [-0.4, -0.2) is 17.0 Å². The van der Waals surface area contributed by atoms with Crippen LogP contribution < -0.4 is 14.2 Å². The average molecular weight is 623 g/mol. The highest BCUT2D eigenvalue weighted by Gasteiger charge is 2.25. The van der Waals surface area contributed by atoms with E-state index in [1.165, 1.54) is 89.5 Å². The molecule has 250 valence electrons. The van der Waals surface area contributed by atoms with Gasteiger partial charge in [0.05, 0.1) is 0 Å². The van der Waals surface area contributed by atoms with Crippen LogP contribution in [0.1, 0.15) is 166 Å². The van der Waals surface area contributed by atoms with Gasteiger partial charge in [0.2, 0.25) is 0 Å². The van der Waals surface area contributed by atoms with Gasteiger partial charge in [-0.15, -0.1) is 0 Å². The van der Waals surface area contributed by atoms with Crippen LogP contribution in [-0.2, 0) is 16.0 Å². The van der Waals surface area contributed by atoms with E-state index < -0.39 is 0 Å². The number of esters is 2. The zero-order valence-electron chi connectivity index (χ0n) is 28.1. The van der Waals surface area contributed by atoms with Crippen LogP contribution in [0.3, 0.4) is 0 Å². The maximum absolute atomic E-state index is 12.4. The third-order valence-corrected chi connectivity index (χ3v) is 8.76. The molecule has 0 bridgehead atoms. The van der Waals surface area contributed by atoms with Gasteiger partial charge in [-0.05, 0) is 49.4 Å². The largest absolute Gasteiger partial charge is 0.507 e. The van der Waals surface area contributed by atoms with Crippen molar-refractivity contribution in [3.63, 3.8) is 0 Å². The lowest BCUT2D eigenvalue weighted by atomic mass is 9.96. The van der Waals surface area contributed by atoms with E-state index >= 15 is 0 Å². The molecule has 0 aromatic heterocycles. The molecule has 1 aliphatic heterocycles. The number of aromatic hydroxyl groups is 1. The number of aryl methyl sites for hydroxylation is 1. The lowest BCUT2D eigenvalue weighted by molar-refractivity contribution is -0.135. The van der Waals surface area contributed by atoms with Gasteiger partial charge < -0.3 is 19.3 Å². The number of carbonyl (C=O) groups is 2. The highest BCUT2D eigenvalue weighted by molar-refractivity contribution is 5.73. The Morgan fingerprint density at radius 2 is 1.13 bits per heavy atom. The molecule has 6 nitrogen and oxygen atoms in total. The first kappa shape index (κ1) is 36.4. The zero-order chi connectivity index (χ0) is 32.1. The molecule has 2 aromatic rings. The molecular formula is C39H58O6.